The Labute approximate surface area is 76.0 Å². The van der Waals surface area contributed by atoms with E-state index in [4.69, 9.17) is 14.9 Å². The molecule has 0 unspecified atom stereocenters. The van der Waals surface area contributed by atoms with Crippen molar-refractivity contribution in [1.29, 1.82) is 5.26 Å². The lowest BCUT2D eigenvalue weighted by Gasteiger charge is -1.86. The maximum absolute atomic E-state index is 8.58. The van der Waals surface area contributed by atoms with Crippen molar-refractivity contribution in [2.45, 2.75) is 25.7 Å². The zero-order valence-electron chi connectivity index (χ0n) is 7.23. The first-order chi connectivity index (χ1) is 6.36. The van der Waals surface area contributed by atoms with Crippen LogP contribution >= 0.6 is 0 Å². The van der Waals surface area contributed by atoms with Gasteiger partial charge < -0.3 is 9.63 Å². The van der Waals surface area contributed by atoms with Gasteiger partial charge in [-0.3, -0.25) is 0 Å². The molecule has 0 aliphatic carbocycles. The Morgan fingerprint density at radius 1 is 1.46 bits per heavy atom. The van der Waals surface area contributed by atoms with Gasteiger partial charge in [0.05, 0.1) is 12.7 Å². The summed E-state index contributed by atoms with van der Waals surface area (Å²) in [6.45, 7) is 0.0250. The highest BCUT2D eigenvalue weighted by molar-refractivity contribution is 4.87. The van der Waals surface area contributed by atoms with Gasteiger partial charge in [-0.25, -0.2) is 0 Å². The van der Waals surface area contributed by atoms with Crippen LogP contribution in [0.3, 0.4) is 0 Å². The Balaban J connectivity index is 2.36. The molecule has 0 amide bonds. The lowest BCUT2D eigenvalue weighted by atomic mass is 10.2. The minimum atomic E-state index is 0.0250. The van der Waals surface area contributed by atoms with Crippen molar-refractivity contribution in [3.8, 4) is 6.07 Å². The lowest BCUT2D eigenvalue weighted by molar-refractivity contribution is 0.292. The van der Waals surface area contributed by atoms with E-state index in [1.54, 1.807) is 0 Å². The highest BCUT2D eigenvalue weighted by Gasteiger charge is 2.04. The van der Waals surface area contributed by atoms with Crippen LogP contribution in [0.4, 0.5) is 0 Å². The van der Waals surface area contributed by atoms with Crippen LogP contribution in [0, 0.1) is 11.3 Å². The van der Waals surface area contributed by atoms with Crippen molar-refractivity contribution in [2.75, 3.05) is 6.61 Å². The molecular formula is C8H11N3O2. The fourth-order valence-electron chi connectivity index (χ4n) is 0.912. The van der Waals surface area contributed by atoms with Crippen LogP contribution < -0.4 is 0 Å². The van der Waals surface area contributed by atoms with Gasteiger partial charge in [0.2, 0.25) is 5.89 Å². The second kappa shape index (κ2) is 5.27. The number of aromatic nitrogens is 2. The number of aryl methyl sites for hydroxylation is 1. The van der Waals surface area contributed by atoms with Gasteiger partial charge in [0.1, 0.15) is 0 Å². The van der Waals surface area contributed by atoms with Crippen molar-refractivity contribution in [3.05, 3.63) is 11.7 Å². The lowest BCUT2D eigenvalue weighted by Crippen LogP contribution is -1.93. The Morgan fingerprint density at radius 3 is 3.00 bits per heavy atom. The average molecular weight is 181 g/mol. The van der Waals surface area contributed by atoms with Crippen LogP contribution in [-0.2, 0) is 12.8 Å². The maximum Gasteiger partial charge on any atom is 0.226 e. The number of hydrogen-bond acceptors (Lipinski definition) is 5. The van der Waals surface area contributed by atoms with Crippen molar-refractivity contribution < 1.29 is 9.63 Å². The first-order valence-electron chi connectivity index (χ1n) is 4.16. The molecule has 1 aromatic heterocycles. The van der Waals surface area contributed by atoms with Crippen LogP contribution in [0.25, 0.3) is 0 Å². The van der Waals surface area contributed by atoms with Crippen LogP contribution in [0.5, 0.6) is 0 Å². The van der Waals surface area contributed by atoms with Gasteiger partial charge >= 0.3 is 0 Å². The van der Waals surface area contributed by atoms with E-state index in [2.05, 4.69) is 10.1 Å². The molecule has 0 radical (unpaired) electrons. The summed E-state index contributed by atoms with van der Waals surface area (Å²) in [5.41, 5.74) is 0. The monoisotopic (exact) mass is 181 g/mol. The molecule has 5 heteroatoms. The van der Waals surface area contributed by atoms with Crippen LogP contribution in [0.1, 0.15) is 24.6 Å². The molecule has 5 nitrogen and oxygen atoms in total. The standard InChI is InChI=1S/C8H11N3O2/c9-5-2-1-3-8-10-7(4-6-12)11-13-8/h12H,1-4,6H2. The Hall–Kier alpha value is -1.41. The molecule has 0 aliphatic heterocycles. The number of unbranched alkanes of at least 4 members (excludes halogenated alkanes) is 1. The molecule has 0 aliphatic rings. The van der Waals surface area contributed by atoms with E-state index in [0.29, 0.717) is 31.0 Å². The minimum absolute atomic E-state index is 0.0250. The van der Waals surface area contributed by atoms with Crippen LogP contribution in [0.2, 0.25) is 0 Å². The third-order valence-corrected chi connectivity index (χ3v) is 1.52. The molecule has 1 N–H and O–H groups in total. The highest BCUT2D eigenvalue weighted by Crippen LogP contribution is 2.02. The predicted molar refractivity (Wildman–Crippen MR) is 43.6 cm³/mol. The number of nitrogens with zero attached hydrogens (tertiary/aromatic N) is 3. The number of rotatable bonds is 5. The largest absolute Gasteiger partial charge is 0.396 e. The minimum Gasteiger partial charge on any atom is -0.396 e. The number of aliphatic hydroxyl groups is 1. The van der Waals surface area contributed by atoms with Crippen molar-refractivity contribution in [2.24, 2.45) is 0 Å². The molecule has 1 rings (SSSR count). The van der Waals surface area contributed by atoms with Gasteiger partial charge in [-0.1, -0.05) is 5.16 Å². The predicted octanol–water partition coefficient (Wildman–Crippen LogP) is 0.451. The van der Waals surface area contributed by atoms with Gasteiger partial charge in [0, 0.05) is 19.3 Å². The number of nitriles is 1. The highest BCUT2D eigenvalue weighted by atomic mass is 16.5. The molecule has 13 heavy (non-hydrogen) atoms. The molecule has 0 saturated carbocycles. The van der Waals surface area contributed by atoms with Gasteiger partial charge in [-0.15, -0.1) is 0 Å². The normalized spacial score (nSPS) is 9.85. The summed E-state index contributed by atoms with van der Waals surface area (Å²) in [4.78, 5) is 4.02. The van der Waals surface area contributed by atoms with Gasteiger partial charge in [-0.05, 0) is 6.42 Å². The summed E-state index contributed by atoms with van der Waals surface area (Å²) in [6.07, 6.45) is 2.28. The molecule has 0 atom stereocenters. The van der Waals surface area contributed by atoms with Crippen molar-refractivity contribution in [3.63, 3.8) is 0 Å². The number of hydrogen-bond donors (Lipinski definition) is 1. The number of aliphatic hydroxyl groups excluding tert-OH is 1. The zero-order chi connectivity index (χ0) is 9.52. The average Bonchev–Trinajstić information content (AvgIpc) is 2.54. The summed E-state index contributed by atoms with van der Waals surface area (Å²) in [5.74, 6) is 1.06. The van der Waals surface area contributed by atoms with Gasteiger partial charge in [-0.2, -0.15) is 10.2 Å². The van der Waals surface area contributed by atoms with Crippen molar-refractivity contribution >= 4 is 0 Å². The van der Waals surface area contributed by atoms with Gasteiger partial charge in [0.25, 0.3) is 0 Å². The molecule has 0 fully saturated rings. The molecule has 1 heterocycles. The third kappa shape index (κ3) is 3.22. The quantitative estimate of drug-likeness (QED) is 0.667. The molecule has 70 valence electrons. The summed E-state index contributed by atoms with van der Waals surface area (Å²) < 4.78 is 4.88. The van der Waals surface area contributed by atoms with Gasteiger partial charge in [0.15, 0.2) is 5.82 Å². The second-order valence-electron chi connectivity index (χ2n) is 2.59. The Bertz CT molecular complexity index is 290. The SMILES string of the molecule is N#CCCCc1nc(CCO)no1. The smallest absolute Gasteiger partial charge is 0.226 e. The second-order valence-corrected chi connectivity index (χ2v) is 2.59. The Morgan fingerprint density at radius 2 is 2.31 bits per heavy atom. The molecule has 0 saturated heterocycles. The fraction of sp³-hybridized carbons (Fsp3) is 0.625. The van der Waals surface area contributed by atoms with Crippen LogP contribution in [-0.4, -0.2) is 21.9 Å². The van der Waals surface area contributed by atoms with E-state index in [1.165, 1.54) is 0 Å². The molecule has 0 spiro atoms. The molecule has 1 aromatic rings. The zero-order valence-corrected chi connectivity index (χ0v) is 7.23. The molecular weight excluding hydrogens is 170 g/mol. The van der Waals surface area contributed by atoms with E-state index < -0.39 is 0 Å². The summed E-state index contributed by atoms with van der Waals surface area (Å²) >= 11 is 0. The molecule has 0 bridgehead atoms. The van der Waals surface area contributed by atoms with E-state index in [0.717, 1.165) is 6.42 Å². The summed E-state index contributed by atoms with van der Waals surface area (Å²) in [5, 5.41) is 20.5. The Kier molecular flexibility index (Phi) is 3.93. The van der Waals surface area contributed by atoms with Crippen LogP contribution in [0.15, 0.2) is 4.52 Å². The fourth-order valence-corrected chi connectivity index (χ4v) is 0.912. The first kappa shape index (κ1) is 9.68. The van der Waals surface area contributed by atoms with E-state index in [9.17, 15) is 0 Å². The molecule has 0 aromatic carbocycles. The van der Waals surface area contributed by atoms with E-state index in [-0.39, 0.29) is 6.61 Å². The maximum atomic E-state index is 8.58. The van der Waals surface area contributed by atoms with Crippen molar-refractivity contribution in [1.82, 2.24) is 10.1 Å². The topological polar surface area (TPSA) is 82.9 Å². The van der Waals surface area contributed by atoms with E-state index >= 15 is 0 Å². The van der Waals surface area contributed by atoms with E-state index in [1.807, 2.05) is 6.07 Å². The third-order valence-electron chi connectivity index (χ3n) is 1.52. The summed E-state index contributed by atoms with van der Waals surface area (Å²) in [6, 6.07) is 2.04. The summed E-state index contributed by atoms with van der Waals surface area (Å²) in [7, 11) is 0. The first-order valence-corrected chi connectivity index (χ1v) is 4.16.